The second-order valence-electron chi connectivity index (χ2n) is 7.91. The SMILES string of the molecule is COc1cccc(CNC(=O)c2cn(Cc3ccccc3)c3cc(-c4cn[nH]c4)ccc23)c1. The van der Waals surface area contributed by atoms with E-state index in [1.165, 1.54) is 5.56 Å². The zero-order chi connectivity index (χ0) is 22.6. The van der Waals surface area contributed by atoms with Crippen LogP contribution in [0.4, 0.5) is 0 Å². The minimum absolute atomic E-state index is 0.106. The van der Waals surface area contributed by atoms with E-state index in [4.69, 9.17) is 4.74 Å². The highest BCUT2D eigenvalue weighted by Crippen LogP contribution is 2.28. The Hall–Kier alpha value is -4.32. The molecule has 1 amide bonds. The molecule has 2 N–H and O–H groups in total. The van der Waals surface area contributed by atoms with E-state index < -0.39 is 0 Å². The standard InChI is InChI=1S/C27H24N4O2/c1-33-23-9-5-8-20(12-23)14-28-27(32)25-18-31(17-19-6-3-2-4-7-19)26-13-21(10-11-24(25)26)22-15-29-30-16-22/h2-13,15-16,18H,14,17H2,1H3,(H,28,32)(H,29,30). The average molecular weight is 437 g/mol. The maximum atomic E-state index is 13.2. The molecule has 0 aliphatic heterocycles. The van der Waals surface area contributed by atoms with E-state index in [1.807, 2.05) is 67.0 Å². The smallest absolute Gasteiger partial charge is 0.253 e. The maximum absolute atomic E-state index is 13.2. The summed E-state index contributed by atoms with van der Waals surface area (Å²) in [5, 5.41) is 10.9. The van der Waals surface area contributed by atoms with Gasteiger partial charge in [-0.3, -0.25) is 9.89 Å². The van der Waals surface area contributed by atoms with Gasteiger partial charge in [-0.25, -0.2) is 0 Å². The van der Waals surface area contributed by atoms with E-state index in [0.717, 1.165) is 33.3 Å². The van der Waals surface area contributed by atoms with Crippen molar-refractivity contribution in [3.63, 3.8) is 0 Å². The number of aromatic nitrogens is 3. The molecule has 6 heteroatoms. The van der Waals surface area contributed by atoms with Crippen LogP contribution < -0.4 is 10.1 Å². The molecule has 0 spiro atoms. The summed E-state index contributed by atoms with van der Waals surface area (Å²) in [6, 6.07) is 24.1. The lowest BCUT2D eigenvalue weighted by molar-refractivity contribution is 0.0952. The van der Waals surface area contributed by atoms with Gasteiger partial charge in [-0.1, -0.05) is 54.6 Å². The fraction of sp³-hybridized carbons (Fsp3) is 0.111. The molecule has 6 nitrogen and oxygen atoms in total. The molecule has 0 bridgehead atoms. The van der Waals surface area contributed by atoms with Crippen molar-refractivity contribution in [2.45, 2.75) is 13.1 Å². The monoisotopic (exact) mass is 436 g/mol. The first-order chi connectivity index (χ1) is 16.2. The van der Waals surface area contributed by atoms with Gasteiger partial charge in [0.05, 0.1) is 18.9 Å². The highest BCUT2D eigenvalue weighted by molar-refractivity contribution is 6.07. The van der Waals surface area contributed by atoms with Crippen LogP contribution >= 0.6 is 0 Å². The van der Waals surface area contributed by atoms with Crippen LogP contribution in [0.25, 0.3) is 22.0 Å². The van der Waals surface area contributed by atoms with Gasteiger partial charge in [0.25, 0.3) is 5.91 Å². The molecule has 0 saturated heterocycles. The first kappa shape index (κ1) is 20.6. The van der Waals surface area contributed by atoms with Gasteiger partial charge < -0.3 is 14.6 Å². The summed E-state index contributed by atoms with van der Waals surface area (Å²) in [7, 11) is 1.64. The summed E-state index contributed by atoms with van der Waals surface area (Å²) < 4.78 is 7.42. The lowest BCUT2D eigenvalue weighted by Gasteiger charge is -2.07. The molecule has 33 heavy (non-hydrogen) atoms. The lowest BCUT2D eigenvalue weighted by Crippen LogP contribution is -2.22. The van der Waals surface area contributed by atoms with Crippen molar-refractivity contribution in [2.24, 2.45) is 0 Å². The van der Waals surface area contributed by atoms with Gasteiger partial charge in [-0.2, -0.15) is 5.10 Å². The van der Waals surface area contributed by atoms with Gasteiger partial charge in [0, 0.05) is 41.9 Å². The molecule has 0 atom stereocenters. The minimum atomic E-state index is -0.106. The molecular weight excluding hydrogens is 412 g/mol. The molecule has 3 aromatic carbocycles. The van der Waals surface area contributed by atoms with Gasteiger partial charge in [0.1, 0.15) is 5.75 Å². The minimum Gasteiger partial charge on any atom is -0.497 e. The van der Waals surface area contributed by atoms with Crippen LogP contribution in [0.3, 0.4) is 0 Å². The molecular formula is C27H24N4O2. The number of nitrogens with one attached hydrogen (secondary N) is 2. The molecule has 0 aliphatic rings. The number of hydrogen-bond acceptors (Lipinski definition) is 3. The Morgan fingerprint density at radius 3 is 2.64 bits per heavy atom. The first-order valence-corrected chi connectivity index (χ1v) is 10.8. The van der Waals surface area contributed by atoms with E-state index in [9.17, 15) is 4.79 Å². The summed E-state index contributed by atoms with van der Waals surface area (Å²) in [5.74, 6) is 0.665. The summed E-state index contributed by atoms with van der Waals surface area (Å²) in [4.78, 5) is 13.2. The third kappa shape index (κ3) is 4.36. The van der Waals surface area contributed by atoms with E-state index in [2.05, 4.69) is 38.3 Å². The fourth-order valence-electron chi connectivity index (χ4n) is 4.03. The maximum Gasteiger partial charge on any atom is 0.253 e. The lowest BCUT2D eigenvalue weighted by atomic mass is 10.1. The highest BCUT2D eigenvalue weighted by atomic mass is 16.5. The normalized spacial score (nSPS) is 10.9. The summed E-state index contributed by atoms with van der Waals surface area (Å²) >= 11 is 0. The number of benzene rings is 3. The largest absolute Gasteiger partial charge is 0.497 e. The van der Waals surface area contributed by atoms with Crippen LogP contribution in [-0.2, 0) is 13.1 Å². The number of carbonyl (C=O) groups excluding carboxylic acids is 1. The summed E-state index contributed by atoms with van der Waals surface area (Å²) in [6.45, 7) is 1.10. The van der Waals surface area contributed by atoms with Crippen LogP contribution in [0.1, 0.15) is 21.5 Å². The highest BCUT2D eigenvalue weighted by Gasteiger charge is 2.16. The second-order valence-corrected chi connectivity index (χ2v) is 7.91. The Labute approximate surface area is 191 Å². The molecule has 0 saturated carbocycles. The topological polar surface area (TPSA) is 71.9 Å². The number of carbonyl (C=O) groups is 1. The number of hydrogen-bond donors (Lipinski definition) is 2. The van der Waals surface area contributed by atoms with Crippen molar-refractivity contribution >= 4 is 16.8 Å². The van der Waals surface area contributed by atoms with Crippen LogP contribution in [0.15, 0.2) is 91.4 Å². The number of ether oxygens (including phenoxy) is 1. The summed E-state index contributed by atoms with van der Waals surface area (Å²) in [6.07, 6.45) is 5.61. The average Bonchev–Trinajstić information content (AvgIpc) is 3.52. The van der Waals surface area contributed by atoms with Crippen molar-refractivity contribution < 1.29 is 9.53 Å². The molecule has 2 aromatic heterocycles. The summed E-state index contributed by atoms with van der Waals surface area (Å²) in [5.41, 5.74) is 5.87. The molecule has 164 valence electrons. The van der Waals surface area contributed by atoms with Gasteiger partial charge >= 0.3 is 0 Å². The Morgan fingerprint density at radius 1 is 1.00 bits per heavy atom. The molecule has 0 aliphatic carbocycles. The van der Waals surface area contributed by atoms with Crippen molar-refractivity contribution in [3.8, 4) is 16.9 Å². The van der Waals surface area contributed by atoms with Crippen molar-refractivity contribution in [3.05, 3.63) is 108 Å². The number of rotatable bonds is 7. The number of amides is 1. The molecule has 5 aromatic rings. The van der Waals surface area contributed by atoms with Crippen LogP contribution in [0.2, 0.25) is 0 Å². The predicted molar refractivity (Wildman–Crippen MR) is 129 cm³/mol. The Bertz CT molecular complexity index is 1390. The Kier molecular flexibility index (Phi) is 5.64. The number of nitrogens with zero attached hydrogens (tertiary/aromatic N) is 2. The number of aromatic amines is 1. The van der Waals surface area contributed by atoms with Crippen molar-refractivity contribution in [1.82, 2.24) is 20.1 Å². The molecule has 0 radical (unpaired) electrons. The molecule has 5 rings (SSSR count). The zero-order valence-electron chi connectivity index (χ0n) is 18.3. The van der Waals surface area contributed by atoms with E-state index in [-0.39, 0.29) is 5.91 Å². The third-order valence-corrected chi connectivity index (χ3v) is 5.74. The number of methoxy groups -OCH3 is 1. The van der Waals surface area contributed by atoms with Crippen LogP contribution in [0, 0.1) is 0 Å². The van der Waals surface area contributed by atoms with Gasteiger partial charge in [0.2, 0.25) is 0 Å². The van der Waals surface area contributed by atoms with Gasteiger partial charge in [-0.05, 0) is 34.9 Å². The molecule has 0 unspecified atom stereocenters. The second kappa shape index (κ2) is 9.04. The van der Waals surface area contributed by atoms with Gasteiger partial charge in [-0.15, -0.1) is 0 Å². The van der Waals surface area contributed by atoms with E-state index in [0.29, 0.717) is 18.7 Å². The fourth-order valence-corrected chi connectivity index (χ4v) is 4.03. The predicted octanol–water partition coefficient (Wildman–Crippen LogP) is 5.02. The molecule has 0 fully saturated rings. The van der Waals surface area contributed by atoms with E-state index >= 15 is 0 Å². The van der Waals surface area contributed by atoms with Crippen LogP contribution in [0.5, 0.6) is 5.75 Å². The Morgan fingerprint density at radius 2 is 1.85 bits per heavy atom. The van der Waals surface area contributed by atoms with Gasteiger partial charge in [0.15, 0.2) is 0 Å². The first-order valence-electron chi connectivity index (χ1n) is 10.8. The third-order valence-electron chi connectivity index (χ3n) is 5.74. The molecule has 2 heterocycles. The Balaban J connectivity index is 1.48. The van der Waals surface area contributed by atoms with Crippen molar-refractivity contribution in [1.29, 1.82) is 0 Å². The quantitative estimate of drug-likeness (QED) is 0.376. The zero-order valence-corrected chi connectivity index (χ0v) is 18.3. The number of H-pyrrole nitrogens is 1. The van der Waals surface area contributed by atoms with Crippen LogP contribution in [-0.4, -0.2) is 27.8 Å². The van der Waals surface area contributed by atoms with E-state index in [1.54, 1.807) is 13.3 Å². The number of fused-ring (bicyclic) bond motifs is 1. The van der Waals surface area contributed by atoms with Crippen molar-refractivity contribution in [2.75, 3.05) is 7.11 Å².